The highest BCUT2D eigenvalue weighted by molar-refractivity contribution is 14.1. The summed E-state index contributed by atoms with van der Waals surface area (Å²) in [6.07, 6.45) is 1.99. The van der Waals surface area contributed by atoms with E-state index in [2.05, 4.69) is 10.8 Å². The van der Waals surface area contributed by atoms with Gasteiger partial charge in [-0.2, -0.15) is 0 Å². The van der Waals surface area contributed by atoms with E-state index in [0.29, 0.717) is 22.5 Å². The van der Waals surface area contributed by atoms with Crippen LogP contribution in [0.2, 0.25) is 0 Å². The molecule has 0 aliphatic heterocycles. The molecular formula is C18H16F3IN2O3. The zero-order valence-corrected chi connectivity index (χ0v) is 16.1. The molecule has 1 aliphatic carbocycles. The molecule has 2 aromatic carbocycles. The molecule has 0 aromatic heterocycles. The molecule has 0 bridgehead atoms. The number of nitrogens with one attached hydrogen (secondary N) is 2. The third kappa shape index (κ3) is 4.71. The van der Waals surface area contributed by atoms with Crippen molar-refractivity contribution in [1.82, 2.24) is 5.48 Å². The Kier molecular flexibility index (Phi) is 5.92. The van der Waals surface area contributed by atoms with E-state index < -0.39 is 29.0 Å². The van der Waals surface area contributed by atoms with Crippen molar-refractivity contribution in [2.75, 3.05) is 11.9 Å². The molecule has 1 amide bonds. The van der Waals surface area contributed by atoms with Crippen LogP contribution in [-0.2, 0) is 4.84 Å². The van der Waals surface area contributed by atoms with Gasteiger partial charge in [-0.15, -0.1) is 0 Å². The van der Waals surface area contributed by atoms with Gasteiger partial charge in [0.25, 0.3) is 5.91 Å². The average molecular weight is 492 g/mol. The molecule has 9 heteroatoms. The summed E-state index contributed by atoms with van der Waals surface area (Å²) in [5.41, 5.74) is 0.719. The van der Waals surface area contributed by atoms with Crippen molar-refractivity contribution in [2.45, 2.75) is 24.9 Å². The maximum atomic E-state index is 14.0. The topological polar surface area (TPSA) is 70.6 Å². The lowest BCUT2D eigenvalue weighted by atomic mass is 9.81. The lowest BCUT2D eigenvalue weighted by molar-refractivity contribution is -0.113. The summed E-state index contributed by atoms with van der Waals surface area (Å²) in [4.78, 5) is 17.3. The summed E-state index contributed by atoms with van der Waals surface area (Å²) in [5.74, 6) is -3.89. The van der Waals surface area contributed by atoms with Crippen molar-refractivity contribution < 1.29 is 27.9 Å². The van der Waals surface area contributed by atoms with Crippen molar-refractivity contribution in [3.05, 3.63) is 56.9 Å². The Labute approximate surface area is 167 Å². The molecule has 0 radical (unpaired) electrons. The van der Waals surface area contributed by atoms with Crippen molar-refractivity contribution in [3.63, 3.8) is 0 Å². The molecule has 1 aliphatic rings. The first-order chi connectivity index (χ1) is 12.8. The van der Waals surface area contributed by atoms with Crippen molar-refractivity contribution >= 4 is 39.9 Å². The van der Waals surface area contributed by atoms with Crippen LogP contribution in [0.3, 0.4) is 0 Å². The highest BCUT2D eigenvalue weighted by atomic mass is 127. The molecule has 2 aromatic rings. The van der Waals surface area contributed by atoms with E-state index in [-0.39, 0.29) is 23.5 Å². The van der Waals surface area contributed by atoms with Gasteiger partial charge in [-0.05, 0) is 66.1 Å². The third-order valence-electron chi connectivity index (χ3n) is 4.30. The number of hydrogen-bond acceptors (Lipinski definition) is 4. The van der Waals surface area contributed by atoms with Gasteiger partial charge in [0.1, 0.15) is 12.4 Å². The Morgan fingerprint density at radius 2 is 1.81 bits per heavy atom. The Hall–Kier alpha value is -1.85. The lowest BCUT2D eigenvalue weighted by Crippen LogP contribution is -2.44. The number of aliphatic hydroxyl groups is 1. The fourth-order valence-corrected chi connectivity index (χ4v) is 3.05. The maximum Gasteiger partial charge on any atom is 0.277 e. The SMILES string of the molecule is O=C(NOCC1(O)CCC1)c1cc(F)c(F)cc1Nc1ccc(I)cc1F. The molecule has 1 fully saturated rings. The molecule has 144 valence electrons. The number of hydrogen-bond donors (Lipinski definition) is 3. The van der Waals surface area contributed by atoms with Gasteiger partial charge in [0, 0.05) is 9.64 Å². The molecule has 0 saturated heterocycles. The van der Waals surface area contributed by atoms with Gasteiger partial charge in [0.2, 0.25) is 0 Å². The highest BCUT2D eigenvalue weighted by Gasteiger charge is 2.35. The first-order valence-corrected chi connectivity index (χ1v) is 9.21. The quantitative estimate of drug-likeness (QED) is 0.421. The minimum atomic E-state index is -1.23. The number of rotatable bonds is 6. The minimum Gasteiger partial charge on any atom is -0.387 e. The normalized spacial score (nSPS) is 15.1. The highest BCUT2D eigenvalue weighted by Crippen LogP contribution is 2.31. The third-order valence-corrected chi connectivity index (χ3v) is 4.97. The fraction of sp³-hybridized carbons (Fsp3) is 0.278. The summed E-state index contributed by atoms with van der Waals surface area (Å²) >= 11 is 1.93. The lowest BCUT2D eigenvalue weighted by Gasteiger charge is -2.35. The molecule has 5 nitrogen and oxygen atoms in total. The maximum absolute atomic E-state index is 14.0. The van der Waals surface area contributed by atoms with E-state index >= 15 is 0 Å². The van der Waals surface area contributed by atoms with Gasteiger partial charge in [-0.25, -0.2) is 18.7 Å². The molecule has 1 saturated carbocycles. The van der Waals surface area contributed by atoms with Gasteiger partial charge in [-0.1, -0.05) is 0 Å². The summed E-state index contributed by atoms with van der Waals surface area (Å²) in [6.45, 7) is -0.114. The Bertz CT molecular complexity index is 875. The van der Waals surface area contributed by atoms with Crippen LogP contribution in [0.4, 0.5) is 24.5 Å². The van der Waals surface area contributed by atoms with Crippen molar-refractivity contribution in [1.29, 1.82) is 0 Å². The van der Waals surface area contributed by atoms with E-state index in [9.17, 15) is 23.1 Å². The zero-order chi connectivity index (χ0) is 19.6. The van der Waals surface area contributed by atoms with E-state index in [4.69, 9.17) is 4.84 Å². The number of halogens is 4. The van der Waals surface area contributed by atoms with Gasteiger partial charge < -0.3 is 10.4 Å². The van der Waals surface area contributed by atoms with Gasteiger partial charge >= 0.3 is 0 Å². The number of hydroxylamine groups is 1. The smallest absolute Gasteiger partial charge is 0.277 e. The second-order valence-electron chi connectivity index (χ2n) is 6.36. The number of carbonyl (C=O) groups excluding carboxylic acids is 1. The van der Waals surface area contributed by atoms with Gasteiger partial charge in [0.05, 0.1) is 22.5 Å². The Morgan fingerprint density at radius 1 is 1.11 bits per heavy atom. The van der Waals surface area contributed by atoms with Crippen LogP contribution in [0.5, 0.6) is 0 Å². The van der Waals surface area contributed by atoms with Crippen LogP contribution in [0.1, 0.15) is 29.6 Å². The van der Waals surface area contributed by atoms with E-state index in [1.165, 1.54) is 12.1 Å². The first kappa shape index (κ1) is 19.9. The predicted octanol–water partition coefficient (Wildman–Crippen LogP) is 4.03. The second-order valence-corrected chi connectivity index (χ2v) is 7.60. The summed E-state index contributed by atoms with van der Waals surface area (Å²) in [6, 6.07) is 5.75. The van der Waals surface area contributed by atoms with Crippen LogP contribution in [0, 0.1) is 21.0 Å². The molecule has 0 unspecified atom stereocenters. The Balaban J connectivity index is 1.78. The number of amides is 1. The number of benzene rings is 2. The predicted molar refractivity (Wildman–Crippen MR) is 101 cm³/mol. The van der Waals surface area contributed by atoms with Crippen LogP contribution in [-0.4, -0.2) is 23.2 Å². The summed E-state index contributed by atoms with van der Waals surface area (Å²) < 4.78 is 42.0. The van der Waals surface area contributed by atoms with Crippen LogP contribution >= 0.6 is 22.6 Å². The van der Waals surface area contributed by atoms with Gasteiger partial charge in [-0.3, -0.25) is 9.63 Å². The molecule has 27 heavy (non-hydrogen) atoms. The minimum absolute atomic E-state index is 0.000159. The fourth-order valence-electron chi connectivity index (χ4n) is 2.59. The molecule has 0 heterocycles. The Morgan fingerprint density at radius 3 is 2.44 bits per heavy atom. The molecular weight excluding hydrogens is 476 g/mol. The van der Waals surface area contributed by atoms with Crippen LogP contribution < -0.4 is 10.8 Å². The van der Waals surface area contributed by atoms with Crippen LogP contribution in [0.25, 0.3) is 0 Å². The van der Waals surface area contributed by atoms with Gasteiger partial charge in [0.15, 0.2) is 11.6 Å². The van der Waals surface area contributed by atoms with E-state index in [0.717, 1.165) is 12.5 Å². The van der Waals surface area contributed by atoms with Crippen LogP contribution in [0.15, 0.2) is 30.3 Å². The summed E-state index contributed by atoms with van der Waals surface area (Å²) in [5, 5.41) is 12.5. The monoisotopic (exact) mass is 492 g/mol. The molecule has 0 atom stereocenters. The average Bonchev–Trinajstić information content (AvgIpc) is 2.58. The van der Waals surface area contributed by atoms with Crippen molar-refractivity contribution in [2.24, 2.45) is 0 Å². The van der Waals surface area contributed by atoms with Crippen molar-refractivity contribution in [3.8, 4) is 0 Å². The molecule has 0 spiro atoms. The van der Waals surface area contributed by atoms with E-state index in [1.54, 1.807) is 6.07 Å². The number of anilines is 2. The van der Waals surface area contributed by atoms with E-state index in [1.807, 2.05) is 22.6 Å². The molecule has 3 N–H and O–H groups in total. The summed E-state index contributed by atoms with van der Waals surface area (Å²) in [7, 11) is 0. The zero-order valence-electron chi connectivity index (χ0n) is 14.0. The standard InChI is InChI=1S/C18H16F3IN2O3/c19-12-7-11(17(25)24-27-9-18(26)4-1-5-18)16(8-13(12)20)23-15-3-2-10(22)6-14(15)21/h2-3,6-8,23,26H,1,4-5,9H2,(H,24,25). The second kappa shape index (κ2) is 8.03. The first-order valence-electron chi connectivity index (χ1n) is 8.13. The number of carbonyl (C=O) groups is 1. The largest absolute Gasteiger partial charge is 0.387 e. The molecule has 3 rings (SSSR count).